The minimum atomic E-state index is -0.273. The van der Waals surface area contributed by atoms with E-state index in [0.717, 1.165) is 17.7 Å². The zero-order chi connectivity index (χ0) is 14.2. The van der Waals surface area contributed by atoms with Crippen LogP contribution in [0.5, 0.6) is 0 Å². The van der Waals surface area contributed by atoms with Gasteiger partial charge in [-0.15, -0.1) is 11.3 Å². The van der Waals surface area contributed by atoms with Gasteiger partial charge < -0.3 is 4.74 Å². The first-order chi connectivity index (χ1) is 10.3. The first kappa shape index (κ1) is 13.0. The molecule has 21 heavy (non-hydrogen) atoms. The van der Waals surface area contributed by atoms with Crippen LogP contribution >= 0.6 is 11.3 Å². The molecule has 0 amide bonds. The number of ether oxygens (including phenoxy) is 1. The number of thiophene rings is 1. The lowest BCUT2D eigenvalue weighted by molar-refractivity contribution is -0.136. The molecular formula is C17H17NO2S. The molecule has 1 unspecified atom stereocenters. The van der Waals surface area contributed by atoms with Crippen LogP contribution in [-0.4, -0.2) is 17.9 Å². The number of nitrogens with zero attached hydrogens (tertiary/aromatic N) is 1. The van der Waals surface area contributed by atoms with E-state index in [1.165, 1.54) is 29.3 Å². The van der Waals surface area contributed by atoms with Crippen LogP contribution in [0.15, 0.2) is 35.3 Å². The molecule has 3 nitrogen and oxygen atoms in total. The highest BCUT2D eigenvalue weighted by Crippen LogP contribution is 2.33. The summed E-state index contributed by atoms with van der Waals surface area (Å²) in [6.07, 6.45) is 5.90. The molecule has 1 aromatic carbocycles. The zero-order valence-electron chi connectivity index (χ0n) is 11.7. The number of esters is 1. The van der Waals surface area contributed by atoms with Crippen molar-refractivity contribution in [2.24, 2.45) is 10.9 Å². The van der Waals surface area contributed by atoms with Gasteiger partial charge in [-0.05, 0) is 36.3 Å². The Kier molecular flexibility index (Phi) is 3.26. The van der Waals surface area contributed by atoms with E-state index < -0.39 is 0 Å². The molecule has 1 aliphatic carbocycles. The normalized spacial score (nSPS) is 23.3. The molecule has 0 bridgehead atoms. The lowest BCUT2D eigenvalue weighted by Gasteiger charge is -2.22. The van der Waals surface area contributed by atoms with E-state index in [1.54, 1.807) is 11.3 Å². The number of hydrogen-bond donors (Lipinski definition) is 0. The third-order valence-corrected chi connectivity index (χ3v) is 5.53. The van der Waals surface area contributed by atoms with Gasteiger partial charge in [0.2, 0.25) is 5.90 Å². The lowest BCUT2D eigenvalue weighted by atomic mass is 9.84. The monoisotopic (exact) mass is 299 g/mol. The summed E-state index contributed by atoms with van der Waals surface area (Å²) >= 11 is 1.64. The molecule has 0 saturated heterocycles. The van der Waals surface area contributed by atoms with Crippen molar-refractivity contribution in [3.8, 4) is 0 Å². The van der Waals surface area contributed by atoms with Gasteiger partial charge in [-0.1, -0.05) is 37.5 Å². The van der Waals surface area contributed by atoms with Crippen LogP contribution in [0.4, 0.5) is 0 Å². The van der Waals surface area contributed by atoms with Gasteiger partial charge in [0, 0.05) is 4.70 Å². The number of carbonyl (C=O) groups is 1. The van der Waals surface area contributed by atoms with Crippen molar-refractivity contribution < 1.29 is 9.53 Å². The summed E-state index contributed by atoms with van der Waals surface area (Å²) in [5.74, 6) is 0.740. The average molecular weight is 299 g/mol. The Morgan fingerprint density at radius 2 is 1.95 bits per heavy atom. The highest BCUT2D eigenvalue weighted by Gasteiger charge is 2.37. The number of fused-ring (bicyclic) bond motifs is 1. The number of rotatable bonds is 2. The molecule has 1 atom stereocenters. The van der Waals surface area contributed by atoms with E-state index in [9.17, 15) is 4.79 Å². The van der Waals surface area contributed by atoms with E-state index in [1.807, 2.05) is 12.1 Å². The molecule has 1 aromatic heterocycles. The molecule has 1 aliphatic heterocycles. The number of aliphatic imine (C=N–C) groups is 1. The van der Waals surface area contributed by atoms with E-state index in [2.05, 4.69) is 23.2 Å². The number of carbonyl (C=O) groups excluding carboxylic acids is 1. The smallest absolute Gasteiger partial charge is 0.338 e. The van der Waals surface area contributed by atoms with Crippen LogP contribution in [0.1, 0.15) is 37.0 Å². The fourth-order valence-electron chi connectivity index (χ4n) is 3.31. The number of cyclic esters (lactones) is 1. The molecule has 4 heteroatoms. The number of benzene rings is 1. The van der Waals surface area contributed by atoms with Crippen molar-refractivity contribution in [3.05, 3.63) is 35.2 Å². The topological polar surface area (TPSA) is 38.7 Å². The summed E-state index contributed by atoms with van der Waals surface area (Å²) < 4.78 is 6.67. The van der Waals surface area contributed by atoms with Crippen molar-refractivity contribution in [2.75, 3.05) is 0 Å². The standard InChI is InChI=1S/C17H17NO2S/c19-17-15(11-6-2-1-3-7-11)18-16(20-17)14-10-12-8-4-5-9-13(12)21-14/h4-5,8-11,15H,1-3,6-7H2. The first-order valence-electron chi connectivity index (χ1n) is 7.60. The average Bonchev–Trinajstić information content (AvgIpc) is 3.11. The van der Waals surface area contributed by atoms with E-state index in [4.69, 9.17) is 4.74 Å². The van der Waals surface area contributed by atoms with Crippen molar-refractivity contribution in [1.29, 1.82) is 0 Å². The van der Waals surface area contributed by atoms with Gasteiger partial charge in [0.25, 0.3) is 0 Å². The Bertz CT molecular complexity index is 679. The first-order valence-corrected chi connectivity index (χ1v) is 8.41. The SMILES string of the molecule is O=C1OC(c2cc3ccccc3s2)=NC1C1CCCCC1. The molecule has 0 N–H and O–H groups in total. The van der Waals surface area contributed by atoms with Gasteiger partial charge in [0.05, 0.1) is 4.88 Å². The Morgan fingerprint density at radius 1 is 1.14 bits per heavy atom. The fraction of sp³-hybridized carbons (Fsp3) is 0.412. The summed E-state index contributed by atoms with van der Waals surface area (Å²) in [5, 5.41) is 1.18. The maximum atomic E-state index is 12.1. The Balaban J connectivity index is 1.64. The summed E-state index contributed by atoms with van der Waals surface area (Å²) in [6.45, 7) is 0. The molecular weight excluding hydrogens is 282 g/mol. The van der Waals surface area contributed by atoms with Crippen LogP contribution in [0, 0.1) is 5.92 Å². The van der Waals surface area contributed by atoms with Gasteiger partial charge in [0.1, 0.15) is 0 Å². The predicted octanol–water partition coefficient (Wildman–Crippen LogP) is 4.15. The second-order valence-corrected chi connectivity index (χ2v) is 6.93. The zero-order valence-corrected chi connectivity index (χ0v) is 12.6. The van der Waals surface area contributed by atoms with Gasteiger partial charge >= 0.3 is 5.97 Å². The van der Waals surface area contributed by atoms with E-state index in [0.29, 0.717) is 11.8 Å². The minimum absolute atomic E-state index is 0.158. The molecule has 2 aromatic rings. The van der Waals surface area contributed by atoms with Crippen LogP contribution in [0.2, 0.25) is 0 Å². The highest BCUT2D eigenvalue weighted by molar-refractivity contribution is 7.20. The van der Waals surface area contributed by atoms with Gasteiger partial charge in [-0.25, -0.2) is 9.79 Å². The highest BCUT2D eigenvalue weighted by atomic mass is 32.1. The van der Waals surface area contributed by atoms with Gasteiger partial charge in [-0.2, -0.15) is 0 Å². The molecule has 108 valence electrons. The van der Waals surface area contributed by atoms with Gasteiger partial charge in [-0.3, -0.25) is 0 Å². The lowest BCUT2D eigenvalue weighted by Crippen LogP contribution is -2.27. The molecule has 4 rings (SSSR count). The quantitative estimate of drug-likeness (QED) is 0.781. The third kappa shape index (κ3) is 2.38. The summed E-state index contributed by atoms with van der Waals surface area (Å²) in [4.78, 5) is 17.7. The summed E-state index contributed by atoms with van der Waals surface area (Å²) in [5.41, 5.74) is 0. The molecule has 1 saturated carbocycles. The summed E-state index contributed by atoms with van der Waals surface area (Å²) in [6, 6.07) is 9.99. The van der Waals surface area contributed by atoms with Crippen LogP contribution < -0.4 is 0 Å². The maximum Gasteiger partial charge on any atom is 0.338 e. The fourth-order valence-corrected chi connectivity index (χ4v) is 4.31. The van der Waals surface area contributed by atoms with Crippen molar-refractivity contribution in [3.63, 3.8) is 0 Å². The molecule has 2 heterocycles. The van der Waals surface area contributed by atoms with Crippen LogP contribution in [0.25, 0.3) is 10.1 Å². The second kappa shape index (κ2) is 5.26. The Labute approximate surface area is 127 Å². The predicted molar refractivity (Wildman–Crippen MR) is 84.8 cm³/mol. The Hall–Kier alpha value is -1.68. The van der Waals surface area contributed by atoms with Crippen molar-refractivity contribution in [1.82, 2.24) is 0 Å². The van der Waals surface area contributed by atoms with Gasteiger partial charge in [0.15, 0.2) is 6.04 Å². The number of hydrogen-bond acceptors (Lipinski definition) is 4. The van der Waals surface area contributed by atoms with Crippen LogP contribution in [0.3, 0.4) is 0 Å². The molecule has 0 radical (unpaired) electrons. The van der Waals surface area contributed by atoms with Crippen LogP contribution in [-0.2, 0) is 9.53 Å². The molecule has 0 spiro atoms. The summed E-state index contributed by atoms with van der Waals surface area (Å²) in [7, 11) is 0. The van der Waals surface area contributed by atoms with Crippen molar-refractivity contribution in [2.45, 2.75) is 38.1 Å². The Morgan fingerprint density at radius 3 is 2.76 bits per heavy atom. The molecule has 2 aliphatic rings. The molecule has 1 fully saturated rings. The second-order valence-electron chi connectivity index (χ2n) is 5.85. The minimum Gasteiger partial charge on any atom is -0.405 e. The van der Waals surface area contributed by atoms with E-state index >= 15 is 0 Å². The maximum absolute atomic E-state index is 12.1. The third-order valence-electron chi connectivity index (χ3n) is 4.43. The largest absolute Gasteiger partial charge is 0.405 e. The van der Waals surface area contributed by atoms with Crippen molar-refractivity contribution >= 4 is 33.3 Å². The van der Waals surface area contributed by atoms with E-state index in [-0.39, 0.29) is 12.0 Å².